The van der Waals surface area contributed by atoms with Crippen LogP contribution in [0, 0.1) is 11.3 Å². The Morgan fingerprint density at radius 3 is 2.65 bits per heavy atom. The lowest BCUT2D eigenvalue weighted by Crippen LogP contribution is -2.41. The third-order valence-electron chi connectivity index (χ3n) is 4.36. The van der Waals surface area contributed by atoms with Crippen LogP contribution in [-0.4, -0.2) is 12.6 Å². The molecule has 0 aromatic carbocycles. The van der Waals surface area contributed by atoms with Crippen LogP contribution < -0.4 is 5.32 Å². The third kappa shape index (κ3) is 4.46. The molecule has 0 radical (unpaired) electrons. The third-order valence-corrected chi connectivity index (χ3v) is 4.36. The second-order valence-corrected chi connectivity index (χ2v) is 6.54. The van der Waals surface area contributed by atoms with Crippen LogP contribution in [-0.2, 0) is 0 Å². The summed E-state index contributed by atoms with van der Waals surface area (Å²) in [6.45, 7) is 14.5. The molecule has 1 aliphatic carbocycles. The van der Waals surface area contributed by atoms with Gasteiger partial charge in [0, 0.05) is 6.04 Å². The van der Waals surface area contributed by atoms with Gasteiger partial charge in [0.2, 0.25) is 0 Å². The Labute approximate surface area is 108 Å². The smallest absolute Gasteiger partial charge is 0.0103 e. The van der Waals surface area contributed by atoms with Crippen LogP contribution in [0.1, 0.15) is 66.2 Å². The molecule has 0 amide bonds. The van der Waals surface area contributed by atoms with Crippen molar-refractivity contribution in [2.45, 2.75) is 72.3 Å². The fourth-order valence-electron chi connectivity index (χ4n) is 3.28. The Morgan fingerprint density at radius 1 is 1.47 bits per heavy atom. The Morgan fingerprint density at radius 2 is 2.18 bits per heavy atom. The molecule has 0 aliphatic heterocycles. The minimum atomic E-state index is 0.528. The average Bonchev–Trinajstić information content (AvgIpc) is 2.58. The van der Waals surface area contributed by atoms with Crippen molar-refractivity contribution in [1.82, 2.24) is 5.32 Å². The van der Waals surface area contributed by atoms with Gasteiger partial charge in [-0.3, -0.25) is 0 Å². The second kappa shape index (κ2) is 6.58. The molecule has 1 heteroatoms. The molecule has 1 N–H and O–H groups in total. The molecule has 17 heavy (non-hydrogen) atoms. The van der Waals surface area contributed by atoms with Gasteiger partial charge in [-0.05, 0) is 56.9 Å². The fourth-order valence-corrected chi connectivity index (χ4v) is 3.28. The SMILES string of the molecule is C=C(C)CCC(NCCC)C1CCCC1(C)C. The molecule has 2 atom stereocenters. The lowest BCUT2D eigenvalue weighted by molar-refractivity contribution is 0.190. The highest BCUT2D eigenvalue weighted by atomic mass is 14.9. The zero-order valence-corrected chi connectivity index (χ0v) is 12.3. The Kier molecular flexibility index (Phi) is 5.72. The number of nitrogens with one attached hydrogen (secondary N) is 1. The average molecular weight is 237 g/mol. The quantitative estimate of drug-likeness (QED) is 0.641. The van der Waals surface area contributed by atoms with Crippen molar-refractivity contribution >= 4 is 0 Å². The lowest BCUT2D eigenvalue weighted by Gasteiger charge is -2.35. The maximum absolute atomic E-state index is 4.04. The van der Waals surface area contributed by atoms with Gasteiger partial charge in [-0.15, -0.1) is 6.58 Å². The van der Waals surface area contributed by atoms with Gasteiger partial charge in [-0.2, -0.15) is 0 Å². The highest BCUT2D eigenvalue weighted by molar-refractivity contribution is 4.95. The molecule has 2 unspecified atom stereocenters. The monoisotopic (exact) mass is 237 g/mol. The van der Waals surface area contributed by atoms with Gasteiger partial charge in [0.05, 0.1) is 0 Å². The van der Waals surface area contributed by atoms with Gasteiger partial charge in [-0.1, -0.05) is 32.8 Å². The first-order valence-electron chi connectivity index (χ1n) is 7.35. The van der Waals surface area contributed by atoms with E-state index in [2.05, 4.69) is 39.6 Å². The van der Waals surface area contributed by atoms with Crippen LogP contribution in [0.2, 0.25) is 0 Å². The largest absolute Gasteiger partial charge is 0.314 e. The predicted octanol–water partition coefficient (Wildman–Crippen LogP) is 4.54. The fraction of sp³-hybridized carbons (Fsp3) is 0.875. The molecule has 0 aromatic heterocycles. The summed E-state index contributed by atoms with van der Waals surface area (Å²) < 4.78 is 0. The van der Waals surface area contributed by atoms with E-state index in [1.54, 1.807) is 0 Å². The van der Waals surface area contributed by atoms with E-state index in [9.17, 15) is 0 Å². The molecular weight excluding hydrogens is 206 g/mol. The lowest BCUT2D eigenvalue weighted by atomic mass is 9.76. The van der Waals surface area contributed by atoms with E-state index < -0.39 is 0 Å². The van der Waals surface area contributed by atoms with Crippen molar-refractivity contribution in [3.63, 3.8) is 0 Å². The number of rotatable bonds is 7. The molecule has 1 fully saturated rings. The molecule has 0 aromatic rings. The topological polar surface area (TPSA) is 12.0 Å². The van der Waals surface area contributed by atoms with E-state index in [1.165, 1.54) is 44.1 Å². The van der Waals surface area contributed by atoms with Crippen molar-refractivity contribution in [3.8, 4) is 0 Å². The standard InChI is InChI=1S/C16H31N/c1-6-12-17-15(10-9-13(2)3)14-8-7-11-16(14,4)5/h14-15,17H,2,6-12H2,1,3-5H3. The van der Waals surface area contributed by atoms with Gasteiger partial charge in [-0.25, -0.2) is 0 Å². The molecule has 1 nitrogen and oxygen atoms in total. The predicted molar refractivity (Wildman–Crippen MR) is 77.3 cm³/mol. The first kappa shape index (κ1) is 14.8. The number of hydrogen-bond acceptors (Lipinski definition) is 1. The highest BCUT2D eigenvalue weighted by Gasteiger charge is 2.38. The Bertz CT molecular complexity index is 242. The molecular formula is C16H31N. The normalized spacial score (nSPS) is 24.8. The van der Waals surface area contributed by atoms with Crippen LogP contribution in [0.3, 0.4) is 0 Å². The van der Waals surface area contributed by atoms with E-state index in [4.69, 9.17) is 0 Å². The molecule has 0 bridgehead atoms. The maximum atomic E-state index is 4.04. The number of hydrogen-bond donors (Lipinski definition) is 1. The second-order valence-electron chi connectivity index (χ2n) is 6.54. The maximum Gasteiger partial charge on any atom is 0.0103 e. The van der Waals surface area contributed by atoms with Crippen LogP contribution in [0.4, 0.5) is 0 Å². The summed E-state index contributed by atoms with van der Waals surface area (Å²) in [5, 5.41) is 3.78. The molecule has 1 aliphatic rings. The van der Waals surface area contributed by atoms with E-state index in [0.717, 1.165) is 12.5 Å². The minimum absolute atomic E-state index is 0.528. The summed E-state index contributed by atoms with van der Waals surface area (Å²) in [6.07, 6.45) is 7.89. The van der Waals surface area contributed by atoms with E-state index in [1.807, 2.05) is 0 Å². The van der Waals surface area contributed by atoms with Gasteiger partial charge in [0.25, 0.3) is 0 Å². The molecule has 1 saturated carbocycles. The summed E-state index contributed by atoms with van der Waals surface area (Å²) in [7, 11) is 0. The van der Waals surface area contributed by atoms with Crippen molar-refractivity contribution in [1.29, 1.82) is 0 Å². The van der Waals surface area contributed by atoms with Crippen LogP contribution >= 0.6 is 0 Å². The Balaban J connectivity index is 2.57. The summed E-state index contributed by atoms with van der Waals surface area (Å²) in [5.41, 5.74) is 1.85. The van der Waals surface area contributed by atoms with Crippen molar-refractivity contribution in [3.05, 3.63) is 12.2 Å². The van der Waals surface area contributed by atoms with Crippen molar-refractivity contribution in [2.24, 2.45) is 11.3 Å². The van der Waals surface area contributed by atoms with Crippen LogP contribution in [0.25, 0.3) is 0 Å². The van der Waals surface area contributed by atoms with E-state index in [-0.39, 0.29) is 0 Å². The Hall–Kier alpha value is -0.300. The zero-order chi connectivity index (χ0) is 12.9. The van der Waals surface area contributed by atoms with E-state index in [0.29, 0.717) is 11.5 Å². The highest BCUT2D eigenvalue weighted by Crippen LogP contribution is 2.45. The summed E-state index contributed by atoms with van der Waals surface area (Å²) in [5.74, 6) is 0.855. The zero-order valence-electron chi connectivity index (χ0n) is 12.3. The molecule has 100 valence electrons. The summed E-state index contributed by atoms with van der Waals surface area (Å²) in [6, 6.07) is 0.698. The van der Waals surface area contributed by atoms with Gasteiger partial charge in [0.15, 0.2) is 0 Å². The van der Waals surface area contributed by atoms with Gasteiger partial charge >= 0.3 is 0 Å². The molecule has 0 saturated heterocycles. The van der Waals surface area contributed by atoms with Crippen molar-refractivity contribution in [2.75, 3.05) is 6.54 Å². The van der Waals surface area contributed by atoms with E-state index >= 15 is 0 Å². The van der Waals surface area contributed by atoms with Crippen molar-refractivity contribution < 1.29 is 0 Å². The minimum Gasteiger partial charge on any atom is -0.314 e. The molecule has 1 rings (SSSR count). The van der Waals surface area contributed by atoms with Crippen LogP contribution in [0.15, 0.2) is 12.2 Å². The van der Waals surface area contributed by atoms with Gasteiger partial charge in [0.1, 0.15) is 0 Å². The first-order chi connectivity index (χ1) is 7.97. The molecule has 0 spiro atoms. The molecule has 0 heterocycles. The summed E-state index contributed by atoms with van der Waals surface area (Å²) in [4.78, 5) is 0. The number of allylic oxidation sites excluding steroid dienone is 1. The van der Waals surface area contributed by atoms with Crippen LogP contribution in [0.5, 0.6) is 0 Å². The first-order valence-corrected chi connectivity index (χ1v) is 7.35. The summed E-state index contributed by atoms with van der Waals surface area (Å²) >= 11 is 0. The van der Waals surface area contributed by atoms with Gasteiger partial charge < -0.3 is 5.32 Å².